The molecule has 0 atom stereocenters. The van der Waals surface area contributed by atoms with Crippen LogP contribution in [0.1, 0.15) is 0 Å². The number of benzene rings is 1. The Kier molecular flexibility index (Phi) is 3.60. The number of nitrogens with zero attached hydrogens (tertiary/aromatic N) is 4. The lowest BCUT2D eigenvalue weighted by Crippen LogP contribution is -2.46. The van der Waals surface area contributed by atoms with Crippen LogP contribution >= 0.6 is 22.9 Å². The van der Waals surface area contributed by atoms with Crippen molar-refractivity contribution in [2.45, 2.75) is 0 Å². The SMILES string of the molecule is Clc1cccc(N2CCN(c3ncnc4ccsc34)CC2)c1. The van der Waals surface area contributed by atoms with E-state index in [4.69, 9.17) is 11.6 Å². The first-order valence-electron chi connectivity index (χ1n) is 7.25. The standard InChI is InChI=1S/C16H15ClN4S/c17-12-2-1-3-13(10-12)20-5-7-21(8-6-20)16-15-14(4-9-22-15)18-11-19-16/h1-4,9-11H,5-8H2. The van der Waals surface area contributed by atoms with Gasteiger partial charge in [0.1, 0.15) is 12.1 Å². The van der Waals surface area contributed by atoms with E-state index < -0.39 is 0 Å². The Morgan fingerprint density at radius 3 is 2.64 bits per heavy atom. The second-order valence-electron chi connectivity index (χ2n) is 5.29. The summed E-state index contributed by atoms with van der Waals surface area (Å²) >= 11 is 7.80. The van der Waals surface area contributed by atoms with Gasteiger partial charge in [-0.1, -0.05) is 17.7 Å². The zero-order valence-electron chi connectivity index (χ0n) is 11.9. The number of hydrogen-bond acceptors (Lipinski definition) is 5. The van der Waals surface area contributed by atoms with Gasteiger partial charge in [0.25, 0.3) is 0 Å². The maximum Gasteiger partial charge on any atom is 0.150 e. The molecule has 22 heavy (non-hydrogen) atoms. The molecule has 1 aromatic carbocycles. The average Bonchev–Trinajstić information content (AvgIpc) is 3.04. The summed E-state index contributed by atoms with van der Waals surface area (Å²) < 4.78 is 1.18. The van der Waals surface area contributed by atoms with Gasteiger partial charge in [0.15, 0.2) is 0 Å². The molecule has 0 bridgehead atoms. The molecular weight excluding hydrogens is 316 g/mol. The zero-order valence-corrected chi connectivity index (χ0v) is 13.5. The first kappa shape index (κ1) is 13.8. The quantitative estimate of drug-likeness (QED) is 0.717. The molecule has 0 amide bonds. The van der Waals surface area contributed by atoms with E-state index in [0.717, 1.165) is 42.5 Å². The van der Waals surface area contributed by atoms with Crippen LogP contribution < -0.4 is 9.80 Å². The maximum absolute atomic E-state index is 6.09. The van der Waals surface area contributed by atoms with Gasteiger partial charge in [-0.05, 0) is 29.6 Å². The van der Waals surface area contributed by atoms with Crippen molar-refractivity contribution in [3.05, 3.63) is 47.1 Å². The number of piperazine rings is 1. The molecule has 6 heteroatoms. The third-order valence-electron chi connectivity index (χ3n) is 3.98. The number of halogens is 1. The van der Waals surface area contributed by atoms with Gasteiger partial charge in [0.05, 0.1) is 10.2 Å². The smallest absolute Gasteiger partial charge is 0.150 e. The van der Waals surface area contributed by atoms with Gasteiger partial charge in [0, 0.05) is 36.9 Å². The summed E-state index contributed by atoms with van der Waals surface area (Å²) in [5.41, 5.74) is 2.23. The van der Waals surface area contributed by atoms with Crippen molar-refractivity contribution >= 4 is 44.7 Å². The van der Waals surface area contributed by atoms with E-state index in [1.54, 1.807) is 17.7 Å². The van der Waals surface area contributed by atoms with Gasteiger partial charge in [-0.15, -0.1) is 11.3 Å². The first-order valence-corrected chi connectivity index (χ1v) is 8.51. The van der Waals surface area contributed by atoms with E-state index in [2.05, 4.69) is 31.2 Å². The molecule has 0 saturated carbocycles. The molecule has 2 aromatic heterocycles. The van der Waals surface area contributed by atoms with E-state index in [0.29, 0.717) is 0 Å². The number of thiophene rings is 1. The zero-order chi connectivity index (χ0) is 14.9. The highest BCUT2D eigenvalue weighted by molar-refractivity contribution is 7.17. The normalized spacial score (nSPS) is 15.5. The van der Waals surface area contributed by atoms with Gasteiger partial charge in [-0.25, -0.2) is 9.97 Å². The summed E-state index contributed by atoms with van der Waals surface area (Å²) in [4.78, 5) is 13.5. The minimum Gasteiger partial charge on any atom is -0.368 e. The molecular formula is C16H15ClN4S. The van der Waals surface area contributed by atoms with Crippen molar-refractivity contribution in [3.8, 4) is 0 Å². The first-order chi connectivity index (χ1) is 10.8. The molecule has 4 rings (SSSR count). The van der Waals surface area contributed by atoms with Gasteiger partial charge in [0.2, 0.25) is 0 Å². The highest BCUT2D eigenvalue weighted by Gasteiger charge is 2.20. The summed E-state index contributed by atoms with van der Waals surface area (Å²) in [6.07, 6.45) is 1.66. The second-order valence-corrected chi connectivity index (χ2v) is 6.64. The molecule has 0 aliphatic carbocycles. The van der Waals surface area contributed by atoms with Crippen LogP contribution in [-0.2, 0) is 0 Å². The Hall–Kier alpha value is -1.85. The summed E-state index contributed by atoms with van der Waals surface area (Å²) in [7, 11) is 0. The summed E-state index contributed by atoms with van der Waals surface area (Å²) in [6.45, 7) is 3.85. The predicted octanol–water partition coefficient (Wildman–Crippen LogP) is 3.67. The number of anilines is 2. The van der Waals surface area contributed by atoms with E-state index in [-0.39, 0.29) is 0 Å². The van der Waals surface area contributed by atoms with E-state index in [9.17, 15) is 0 Å². The highest BCUT2D eigenvalue weighted by atomic mass is 35.5. The van der Waals surface area contributed by atoms with Crippen LogP contribution in [0.25, 0.3) is 10.2 Å². The fourth-order valence-electron chi connectivity index (χ4n) is 2.85. The molecule has 1 fully saturated rings. The lowest BCUT2D eigenvalue weighted by molar-refractivity contribution is 0.649. The van der Waals surface area contributed by atoms with Crippen molar-refractivity contribution in [1.82, 2.24) is 9.97 Å². The number of aromatic nitrogens is 2. The monoisotopic (exact) mass is 330 g/mol. The Bertz CT molecular complexity index is 795. The third kappa shape index (κ3) is 2.51. The largest absolute Gasteiger partial charge is 0.368 e. The lowest BCUT2D eigenvalue weighted by atomic mass is 10.2. The topological polar surface area (TPSA) is 32.3 Å². The molecule has 1 saturated heterocycles. The summed E-state index contributed by atoms with van der Waals surface area (Å²) in [5, 5.41) is 2.86. The van der Waals surface area contributed by atoms with Crippen LogP contribution in [0.3, 0.4) is 0 Å². The van der Waals surface area contributed by atoms with E-state index in [1.807, 2.05) is 24.3 Å². The van der Waals surface area contributed by atoms with Crippen LogP contribution in [0.4, 0.5) is 11.5 Å². The van der Waals surface area contributed by atoms with Gasteiger partial charge < -0.3 is 9.80 Å². The van der Waals surface area contributed by atoms with Crippen molar-refractivity contribution in [1.29, 1.82) is 0 Å². The van der Waals surface area contributed by atoms with Gasteiger partial charge >= 0.3 is 0 Å². The molecule has 3 heterocycles. The van der Waals surface area contributed by atoms with Crippen molar-refractivity contribution < 1.29 is 0 Å². The molecule has 0 N–H and O–H groups in total. The van der Waals surface area contributed by atoms with Crippen LogP contribution in [-0.4, -0.2) is 36.1 Å². The Morgan fingerprint density at radius 1 is 1.00 bits per heavy atom. The van der Waals surface area contributed by atoms with Gasteiger partial charge in [-0.2, -0.15) is 0 Å². The number of rotatable bonds is 2. The minimum absolute atomic E-state index is 0.788. The van der Waals surface area contributed by atoms with Crippen LogP contribution in [0.5, 0.6) is 0 Å². The Labute approximate surface area is 138 Å². The van der Waals surface area contributed by atoms with E-state index in [1.165, 1.54) is 10.4 Å². The van der Waals surface area contributed by atoms with Crippen LogP contribution in [0.15, 0.2) is 42.0 Å². The molecule has 112 valence electrons. The Balaban J connectivity index is 1.53. The van der Waals surface area contributed by atoms with Crippen LogP contribution in [0, 0.1) is 0 Å². The van der Waals surface area contributed by atoms with Crippen molar-refractivity contribution in [2.75, 3.05) is 36.0 Å². The van der Waals surface area contributed by atoms with Crippen molar-refractivity contribution in [3.63, 3.8) is 0 Å². The predicted molar refractivity (Wildman–Crippen MR) is 93.3 cm³/mol. The average molecular weight is 331 g/mol. The van der Waals surface area contributed by atoms with E-state index >= 15 is 0 Å². The third-order valence-corrected chi connectivity index (χ3v) is 5.11. The van der Waals surface area contributed by atoms with Crippen LogP contribution in [0.2, 0.25) is 5.02 Å². The molecule has 0 spiro atoms. The fraction of sp³-hybridized carbons (Fsp3) is 0.250. The molecule has 1 aliphatic rings. The summed E-state index contributed by atoms with van der Waals surface area (Å²) in [5.74, 6) is 1.06. The highest BCUT2D eigenvalue weighted by Crippen LogP contribution is 2.29. The number of hydrogen-bond donors (Lipinski definition) is 0. The molecule has 1 aliphatic heterocycles. The second kappa shape index (κ2) is 5.74. The molecule has 4 nitrogen and oxygen atoms in total. The van der Waals surface area contributed by atoms with Crippen molar-refractivity contribution in [2.24, 2.45) is 0 Å². The summed E-state index contributed by atoms with van der Waals surface area (Å²) in [6, 6.07) is 10.1. The molecule has 0 radical (unpaired) electrons. The Morgan fingerprint density at radius 2 is 1.82 bits per heavy atom. The van der Waals surface area contributed by atoms with Gasteiger partial charge in [-0.3, -0.25) is 0 Å². The molecule has 0 unspecified atom stereocenters. The minimum atomic E-state index is 0.788. The molecule has 3 aromatic rings. The lowest BCUT2D eigenvalue weighted by Gasteiger charge is -2.36. The maximum atomic E-state index is 6.09. The fourth-order valence-corrected chi connectivity index (χ4v) is 3.90. The number of fused-ring (bicyclic) bond motifs is 1.